The molecule has 4 rings (SSSR count). The number of carbonyl (C=O) groups excluding carboxylic acids is 1. The molecule has 1 fully saturated rings. The molecule has 1 atom stereocenters. The minimum atomic E-state index is -0.148. The Morgan fingerprint density at radius 1 is 1.32 bits per heavy atom. The molecule has 2 aliphatic carbocycles. The van der Waals surface area contributed by atoms with Crippen LogP contribution in [0.1, 0.15) is 73.3 Å². The van der Waals surface area contributed by atoms with E-state index in [1.165, 1.54) is 35.9 Å². The minimum Gasteiger partial charge on any atom is -0.416 e. The number of fused-ring (bicyclic) bond motifs is 1. The molecule has 1 unspecified atom stereocenters. The highest BCUT2D eigenvalue weighted by Gasteiger charge is 2.25. The number of thioether (sulfide) groups is 1. The van der Waals surface area contributed by atoms with Gasteiger partial charge in [-0.3, -0.25) is 4.79 Å². The molecule has 2 aromatic heterocycles. The molecule has 0 saturated heterocycles. The molecule has 148 valence electrons. The fraction of sp³-hybridized carbons (Fsp3) is 0.600. The Bertz CT molecular complexity index is 893. The van der Waals surface area contributed by atoms with Gasteiger partial charge in [0.15, 0.2) is 0 Å². The van der Waals surface area contributed by atoms with E-state index < -0.39 is 0 Å². The van der Waals surface area contributed by atoms with Gasteiger partial charge in [0.1, 0.15) is 11.1 Å². The number of nitrogens with zero attached hydrogens (tertiary/aromatic N) is 3. The van der Waals surface area contributed by atoms with Gasteiger partial charge in [-0.1, -0.05) is 37.9 Å². The molecule has 2 aromatic rings. The van der Waals surface area contributed by atoms with E-state index in [-0.39, 0.29) is 11.7 Å². The largest absolute Gasteiger partial charge is 0.416 e. The third-order valence-corrected chi connectivity index (χ3v) is 7.57. The predicted octanol–water partition coefficient (Wildman–Crippen LogP) is 4.91. The molecule has 0 spiro atoms. The molecule has 0 bridgehead atoms. The van der Waals surface area contributed by atoms with Crippen LogP contribution in [-0.2, 0) is 17.6 Å². The van der Waals surface area contributed by atoms with Crippen molar-refractivity contribution in [1.29, 1.82) is 5.26 Å². The van der Waals surface area contributed by atoms with Crippen LogP contribution < -0.4 is 5.32 Å². The van der Waals surface area contributed by atoms with Gasteiger partial charge in [0, 0.05) is 10.8 Å². The SMILES string of the molecule is CC1CCc2c(sc(NC(=O)CSc3nnc(C4CCCCC4)o3)c2C#N)C1. The van der Waals surface area contributed by atoms with Gasteiger partial charge >= 0.3 is 0 Å². The lowest BCUT2D eigenvalue weighted by Crippen LogP contribution is -2.14. The molecule has 0 radical (unpaired) electrons. The van der Waals surface area contributed by atoms with Gasteiger partial charge in [-0.2, -0.15) is 5.26 Å². The van der Waals surface area contributed by atoms with Crippen LogP contribution in [-0.4, -0.2) is 21.9 Å². The van der Waals surface area contributed by atoms with Crippen molar-refractivity contribution >= 4 is 34.0 Å². The Labute approximate surface area is 173 Å². The second-order valence-electron chi connectivity index (χ2n) is 7.75. The summed E-state index contributed by atoms with van der Waals surface area (Å²) in [4.78, 5) is 13.7. The quantitative estimate of drug-likeness (QED) is 0.697. The normalized spacial score (nSPS) is 19.8. The van der Waals surface area contributed by atoms with Gasteiger partial charge in [0.05, 0.1) is 11.3 Å². The van der Waals surface area contributed by atoms with Gasteiger partial charge in [0.2, 0.25) is 11.8 Å². The lowest BCUT2D eigenvalue weighted by Gasteiger charge is -2.17. The van der Waals surface area contributed by atoms with E-state index in [2.05, 4.69) is 28.5 Å². The standard InChI is InChI=1S/C20H24N4O2S2/c1-12-7-8-14-15(10-21)19(28-16(14)9-12)22-17(25)11-27-20-24-23-18(26-20)13-5-3-2-4-6-13/h12-13H,2-9,11H2,1H3,(H,22,25). The third kappa shape index (κ3) is 4.26. The van der Waals surface area contributed by atoms with Crippen molar-refractivity contribution < 1.29 is 9.21 Å². The highest BCUT2D eigenvalue weighted by molar-refractivity contribution is 7.99. The average molecular weight is 417 g/mol. The van der Waals surface area contributed by atoms with Crippen LogP contribution >= 0.6 is 23.1 Å². The van der Waals surface area contributed by atoms with Crippen molar-refractivity contribution in [2.24, 2.45) is 5.92 Å². The van der Waals surface area contributed by atoms with Crippen LogP contribution in [0.3, 0.4) is 0 Å². The number of amides is 1. The number of carbonyl (C=O) groups is 1. The van der Waals surface area contributed by atoms with E-state index in [1.54, 1.807) is 11.3 Å². The zero-order valence-corrected chi connectivity index (χ0v) is 17.6. The molecule has 2 aliphatic rings. The summed E-state index contributed by atoms with van der Waals surface area (Å²) >= 11 is 2.80. The van der Waals surface area contributed by atoms with E-state index in [4.69, 9.17) is 4.42 Å². The van der Waals surface area contributed by atoms with Crippen LogP contribution in [0.4, 0.5) is 5.00 Å². The molecular formula is C20H24N4O2S2. The van der Waals surface area contributed by atoms with Gasteiger partial charge < -0.3 is 9.73 Å². The van der Waals surface area contributed by atoms with Gasteiger partial charge in [-0.25, -0.2) is 0 Å². The summed E-state index contributed by atoms with van der Waals surface area (Å²) in [6, 6.07) is 2.29. The molecule has 28 heavy (non-hydrogen) atoms. The first-order valence-electron chi connectivity index (χ1n) is 9.94. The molecule has 0 aromatic carbocycles. The summed E-state index contributed by atoms with van der Waals surface area (Å²) in [5, 5.41) is 21.8. The second-order valence-corrected chi connectivity index (χ2v) is 9.78. The zero-order valence-electron chi connectivity index (χ0n) is 16.0. The number of anilines is 1. The Hall–Kier alpha value is -1.85. The number of rotatable bonds is 5. The Morgan fingerprint density at radius 2 is 2.14 bits per heavy atom. The Balaban J connectivity index is 1.35. The highest BCUT2D eigenvalue weighted by atomic mass is 32.2. The molecule has 1 saturated carbocycles. The average Bonchev–Trinajstić information content (AvgIpc) is 3.31. The summed E-state index contributed by atoms with van der Waals surface area (Å²) in [6.45, 7) is 2.23. The van der Waals surface area contributed by atoms with Crippen LogP contribution in [0.25, 0.3) is 0 Å². The van der Waals surface area contributed by atoms with E-state index >= 15 is 0 Å². The predicted molar refractivity (Wildman–Crippen MR) is 110 cm³/mol. The maximum Gasteiger partial charge on any atom is 0.277 e. The first-order valence-corrected chi connectivity index (χ1v) is 11.7. The summed E-state index contributed by atoms with van der Waals surface area (Å²) in [5.74, 6) is 1.74. The highest BCUT2D eigenvalue weighted by Crippen LogP contribution is 2.39. The van der Waals surface area contributed by atoms with Crippen LogP contribution in [0, 0.1) is 17.2 Å². The van der Waals surface area contributed by atoms with Crippen LogP contribution in [0.2, 0.25) is 0 Å². The number of aromatic nitrogens is 2. The fourth-order valence-electron chi connectivity index (χ4n) is 4.04. The van der Waals surface area contributed by atoms with Crippen molar-refractivity contribution in [3.8, 4) is 6.07 Å². The Morgan fingerprint density at radius 3 is 2.93 bits per heavy atom. The molecule has 1 amide bonds. The summed E-state index contributed by atoms with van der Waals surface area (Å²) < 4.78 is 5.76. The number of thiophene rings is 1. The molecule has 1 N–H and O–H groups in total. The number of hydrogen-bond donors (Lipinski definition) is 1. The lowest BCUT2D eigenvalue weighted by molar-refractivity contribution is -0.113. The van der Waals surface area contributed by atoms with Crippen molar-refractivity contribution in [1.82, 2.24) is 10.2 Å². The zero-order chi connectivity index (χ0) is 19.5. The smallest absolute Gasteiger partial charge is 0.277 e. The monoisotopic (exact) mass is 416 g/mol. The van der Waals surface area contributed by atoms with Crippen molar-refractivity contribution in [2.75, 3.05) is 11.1 Å². The van der Waals surface area contributed by atoms with Crippen molar-refractivity contribution in [3.05, 3.63) is 21.9 Å². The maximum absolute atomic E-state index is 12.4. The number of hydrogen-bond acceptors (Lipinski definition) is 7. The topological polar surface area (TPSA) is 91.8 Å². The van der Waals surface area contributed by atoms with Crippen molar-refractivity contribution in [2.45, 2.75) is 69.4 Å². The van der Waals surface area contributed by atoms with E-state index in [9.17, 15) is 10.1 Å². The van der Waals surface area contributed by atoms with Crippen molar-refractivity contribution in [3.63, 3.8) is 0 Å². The molecular weight excluding hydrogens is 392 g/mol. The van der Waals surface area contributed by atoms with Gasteiger partial charge in [-0.05, 0) is 43.6 Å². The lowest BCUT2D eigenvalue weighted by atomic mass is 9.89. The summed E-state index contributed by atoms with van der Waals surface area (Å²) in [7, 11) is 0. The molecule has 2 heterocycles. The van der Waals surface area contributed by atoms with E-state index in [1.807, 2.05) is 0 Å². The Kier molecular flexibility index (Phi) is 6.02. The maximum atomic E-state index is 12.4. The molecule has 0 aliphatic heterocycles. The molecule has 6 nitrogen and oxygen atoms in total. The fourth-order valence-corrected chi connectivity index (χ4v) is 5.99. The van der Waals surface area contributed by atoms with E-state index in [0.29, 0.717) is 33.5 Å². The van der Waals surface area contributed by atoms with Crippen LogP contribution in [0.15, 0.2) is 9.64 Å². The third-order valence-electron chi connectivity index (χ3n) is 5.58. The number of nitriles is 1. The summed E-state index contributed by atoms with van der Waals surface area (Å²) in [5.41, 5.74) is 1.77. The minimum absolute atomic E-state index is 0.148. The second kappa shape index (κ2) is 8.66. The van der Waals surface area contributed by atoms with E-state index in [0.717, 1.165) is 37.7 Å². The summed E-state index contributed by atoms with van der Waals surface area (Å²) in [6.07, 6.45) is 8.92. The van der Waals surface area contributed by atoms with Gasteiger partial charge in [0.25, 0.3) is 5.22 Å². The first kappa shape index (κ1) is 19.5. The van der Waals surface area contributed by atoms with Gasteiger partial charge in [-0.15, -0.1) is 21.5 Å². The number of nitrogens with one attached hydrogen (secondary N) is 1. The molecule has 8 heteroatoms. The first-order chi connectivity index (χ1) is 13.6. The van der Waals surface area contributed by atoms with Crippen LogP contribution in [0.5, 0.6) is 0 Å².